The Morgan fingerprint density at radius 2 is 1.85 bits per heavy atom. The van der Waals surface area contributed by atoms with Crippen LogP contribution in [-0.4, -0.2) is 54.3 Å². The van der Waals surface area contributed by atoms with Crippen molar-refractivity contribution >= 4 is 17.9 Å². The second kappa shape index (κ2) is 7.91. The molecule has 1 saturated heterocycles. The quantitative estimate of drug-likeness (QED) is 0.783. The summed E-state index contributed by atoms with van der Waals surface area (Å²) >= 11 is 0. The maximum atomic E-state index is 13.2. The molecule has 1 aliphatic heterocycles. The van der Waals surface area contributed by atoms with Crippen molar-refractivity contribution < 1.29 is 13.2 Å². The Balaban J connectivity index is 1.82. The summed E-state index contributed by atoms with van der Waals surface area (Å²) in [5, 5.41) is 10.7. The van der Waals surface area contributed by atoms with Gasteiger partial charge in [0.2, 0.25) is 0 Å². The number of benzene rings is 1. The van der Waals surface area contributed by atoms with Crippen molar-refractivity contribution in [2.75, 3.05) is 43.4 Å². The number of anilines is 2. The van der Waals surface area contributed by atoms with E-state index in [1.54, 1.807) is 6.07 Å². The van der Waals surface area contributed by atoms with Gasteiger partial charge in [-0.1, -0.05) is 18.2 Å². The zero-order valence-corrected chi connectivity index (χ0v) is 14.9. The Hall–Kier alpha value is -2.68. The Kier molecular flexibility index (Phi) is 5.59. The lowest BCUT2D eigenvalue weighted by Crippen LogP contribution is -2.45. The average molecular weight is 378 g/mol. The summed E-state index contributed by atoms with van der Waals surface area (Å²) in [5.41, 5.74) is -0.0746. The number of alkyl halides is 3. The standard InChI is InChI=1S/C18H21F3N6/c1-26-6-8-27(9-7-26)17-14(10-22)16(24-12-25-17)23-11-13-4-2-3-5-15(13)18(19,20)21/h2-5,10,12,22H,6-9,11H2,1H3,(H,23,24,25). The van der Waals surface area contributed by atoms with Gasteiger partial charge in [-0.05, 0) is 18.7 Å². The molecule has 9 heteroatoms. The minimum Gasteiger partial charge on any atom is -0.365 e. The SMILES string of the molecule is CN1CCN(c2ncnc(NCc3ccccc3C(F)(F)F)c2C=N)CC1. The predicted molar refractivity (Wildman–Crippen MR) is 98.4 cm³/mol. The van der Waals surface area contributed by atoms with Crippen LogP contribution in [0, 0.1) is 5.41 Å². The van der Waals surface area contributed by atoms with Gasteiger partial charge in [0, 0.05) is 38.9 Å². The number of likely N-dealkylation sites (N-methyl/N-ethyl adjacent to an activating group) is 1. The predicted octanol–water partition coefficient (Wildman–Crippen LogP) is 2.86. The first-order valence-corrected chi connectivity index (χ1v) is 8.58. The van der Waals surface area contributed by atoms with Gasteiger partial charge < -0.3 is 20.5 Å². The number of piperazine rings is 1. The fourth-order valence-electron chi connectivity index (χ4n) is 3.06. The molecular formula is C18H21F3N6. The molecule has 1 fully saturated rings. The van der Waals surface area contributed by atoms with E-state index in [1.165, 1.54) is 18.5 Å². The van der Waals surface area contributed by atoms with Crippen LogP contribution in [0.3, 0.4) is 0 Å². The lowest BCUT2D eigenvalue weighted by molar-refractivity contribution is -0.138. The fourth-order valence-corrected chi connectivity index (χ4v) is 3.06. The summed E-state index contributed by atoms with van der Waals surface area (Å²) < 4.78 is 39.5. The monoisotopic (exact) mass is 378 g/mol. The number of hydrogen-bond acceptors (Lipinski definition) is 6. The zero-order valence-electron chi connectivity index (χ0n) is 14.9. The van der Waals surface area contributed by atoms with E-state index in [1.807, 2.05) is 7.05 Å². The molecule has 0 unspecified atom stereocenters. The summed E-state index contributed by atoms with van der Waals surface area (Å²) in [6, 6.07) is 5.43. The second-order valence-corrected chi connectivity index (χ2v) is 6.40. The van der Waals surface area contributed by atoms with Crippen molar-refractivity contribution in [1.29, 1.82) is 5.41 Å². The van der Waals surface area contributed by atoms with Crippen LogP contribution in [0.5, 0.6) is 0 Å². The Morgan fingerprint density at radius 3 is 2.52 bits per heavy atom. The van der Waals surface area contributed by atoms with E-state index in [-0.39, 0.29) is 12.1 Å². The van der Waals surface area contributed by atoms with Crippen LogP contribution >= 0.6 is 0 Å². The summed E-state index contributed by atoms with van der Waals surface area (Å²) in [4.78, 5) is 12.7. The molecule has 27 heavy (non-hydrogen) atoms. The Bertz CT molecular complexity index is 800. The maximum Gasteiger partial charge on any atom is 0.416 e. The van der Waals surface area contributed by atoms with Crippen molar-refractivity contribution in [3.05, 3.63) is 47.3 Å². The van der Waals surface area contributed by atoms with E-state index in [0.29, 0.717) is 17.2 Å². The topological polar surface area (TPSA) is 68.1 Å². The third-order valence-corrected chi connectivity index (χ3v) is 4.58. The van der Waals surface area contributed by atoms with Crippen LogP contribution < -0.4 is 10.2 Å². The summed E-state index contributed by atoms with van der Waals surface area (Å²) in [7, 11) is 2.04. The normalized spacial score (nSPS) is 15.6. The van der Waals surface area contributed by atoms with Gasteiger partial charge in [0.25, 0.3) is 0 Å². The maximum absolute atomic E-state index is 13.2. The van der Waals surface area contributed by atoms with Gasteiger partial charge >= 0.3 is 6.18 Å². The molecule has 0 bridgehead atoms. The van der Waals surface area contributed by atoms with Crippen molar-refractivity contribution in [1.82, 2.24) is 14.9 Å². The molecule has 6 nitrogen and oxygen atoms in total. The number of aromatic nitrogens is 2. The molecule has 0 atom stereocenters. The van der Waals surface area contributed by atoms with Gasteiger partial charge in [0.15, 0.2) is 0 Å². The molecule has 0 saturated carbocycles. The molecule has 3 rings (SSSR count). The molecule has 144 valence electrons. The van der Waals surface area contributed by atoms with E-state index in [0.717, 1.165) is 38.5 Å². The summed E-state index contributed by atoms with van der Waals surface area (Å²) in [5.74, 6) is 0.977. The molecule has 0 spiro atoms. The van der Waals surface area contributed by atoms with Crippen LogP contribution in [0.4, 0.5) is 24.8 Å². The molecule has 1 aliphatic rings. The number of nitrogens with one attached hydrogen (secondary N) is 2. The van der Waals surface area contributed by atoms with Crippen molar-refractivity contribution in [3.63, 3.8) is 0 Å². The highest BCUT2D eigenvalue weighted by Crippen LogP contribution is 2.32. The van der Waals surface area contributed by atoms with Crippen molar-refractivity contribution in [2.45, 2.75) is 12.7 Å². The molecule has 0 amide bonds. The van der Waals surface area contributed by atoms with Crippen LogP contribution in [0.1, 0.15) is 16.7 Å². The Labute approximate surface area is 155 Å². The lowest BCUT2D eigenvalue weighted by Gasteiger charge is -2.34. The van der Waals surface area contributed by atoms with Crippen molar-refractivity contribution in [3.8, 4) is 0 Å². The second-order valence-electron chi connectivity index (χ2n) is 6.40. The van der Waals surface area contributed by atoms with Crippen molar-refractivity contribution in [2.24, 2.45) is 0 Å². The first-order valence-electron chi connectivity index (χ1n) is 8.58. The number of rotatable bonds is 5. The van der Waals surface area contributed by atoms with Crippen LogP contribution in [-0.2, 0) is 12.7 Å². The molecule has 1 aromatic carbocycles. The van der Waals surface area contributed by atoms with Gasteiger partial charge in [-0.25, -0.2) is 9.97 Å². The highest BCUT2D eigenvalue weighted by atomic mass is 19.4. The number of halogens is 3. The lowest BCUT2D eigenvalue weighted by atomic mass is 10.1. The largest absolute Gasteiger partial charge is 0.416 e. The minimum absolute atomic E-state index is 0.0459. The van der Waals surface area contributed by atoms with E-state index in [2.05, 4.69) is 25.1 Å². The average Bonchev–Trinajstić information content (AvgIpc) is 2.66. The highest BCUT2D eigenvalue weighted by molar-refractivity contribution is 5.91. The van der Waals surface area contributed by atoms with Crippen LogP contribution in [0.25, 0.3) is 0 Å². The minimum atomic E-state index is -4.42. The van der Waals surface area contributed by atoms with Crippen LogP contribution in [0.2, 0.25) is 0 Å². The summed E-state index contributed by atoms with van der Waals surface area (Å²) in [6.45, 7) is 3.25. The van der Waals surface area contributed by atoms with Gasteiger partial charge in [-0.2, -0.15) is 13.2 Å². The molecule has 1 aromatic heterocycles. The fraction of sp³-hybridized carbons (Fsp3) is 0.389. The van der Waals surface area contributed by atoms with Crippen LogP contribution in [0.15, 0.2) is 30.6 Å². The molecule has 0 aliphatic carbocycles. The first-order chi connectivity index (χ1) is 12.9. The third kappa shape index (κ3) is 4.36. The van der Waals surface area contributed by atoms with Gasteiger partial charge in [0.1, 0.15) is 18.0 Å². The van der Waals surface area contributed by atoms with E-state index < -0.39 is 11.7 Å². The van der Waals surface area contributed by atoms with E-state index in [9.17, 15) is 13.2 Å². The van der Waals surface area contributed by atoms with E-state index >= 15 is 0 Å². The van der Waals surface area contributed by atoms with Gasteiger partial charge in [0.05, 0.1) is 11.1 Å². The van der Waals surface area contributed by atoms with Gasteiger partial charge in [-0.3, -0.25) is 0 Å². The number of nitrogens with zero attached hydrogens (tertiary/aromatic N) is 4. The first kappa shape index (κ1) is 19.1. The molecular weight excluding hydrogens is 357 g/mol. The molecule has 2 N–H and O–H groups in total. The van der Waals surface area contributed by atoms with E-state index in [4.69, 9.17) is 5.41 Å². The summed E-state index contributed by atoms with van der Waals surface area (Å²) in [6.07, 6.45) is -1.90. The number of hydrogen-bond donors (Lipinski definition) is 2. The smallest absolute Gasteiger partial charge is 0.365 e. The molecule has 2 aromatic rings. The third-order valence-electron chi connectivity index (χ3n) is 4.58. The molecule has 2 heterocycles. The molecule has 0 radical (unpaired) electrons. The zero-order chi connectivity index (χ0) is 19.4. The van der Waals surface area contributed by atoms with Gasteiger partial charge in [-0.15, -0.1) is 0 Å². The Morgan fingerprint density at radius 1 is 1.15 bits per heavy atom. The highest BCUT2D eigenvalue weighted by Gasteiger charge is 2.32.